The van der Waals surface area contributed by atoms with Crippen molar-refractivity contribution in [2.45, 2.75) is 51.8 Å². The Labute approximate surface area is 177 Å². The van der Waals surface area contributed by atoms with Gasteiger partial charge in [0.15, 0.2) is 6.10 Å². The number of rotatable bonds is 6. The van der Waals surface area contributed by atoms with Gasteiger partial charge in [-0.1, -0.05) is 12.1 Å². The number of hydrogen-bond donors (Lipinski definition) is 0. The number of carbonyl (C=O) groups excluding carboxylic acids is 5. The van der Waals surface area contributed by atoms with Crippen LogP contribution >= 0.6 is 0 Å². The zero-order valence-corrected chi connectivity index (χ0v) is 17.1. The van der Waals surface area contributed by atoms with E-state index < -0.39 is 54.3 Å². The largest absolute Gasteiger partial charge is 0.463 e. The van der Waals surface area contributed by atoms with E-state index in [1.54, 1.807) is 12.1 Å². The van der Waals surface area contributed by atoms with Gasteiger partial charge in [-0.05, 0) is 12.1 Å². The van der Waals surface area contributed by atoms with E-state index in [2.05, 4.69) is 0 Å². The first-order chi connectivity index (χ1) is 14.7. The van der Waals surface area contributed by atoms with Crippen LogP contribution in [0, 0.1) is 0 Å². The van der Waals surface area contributed by atoms with Gasteiger partial charge in [-0.3, -0.25) is 24.0 Å². The number of amides is 2. The maximum Gasteiger partial charge on any atom is 0.303 e. The van der Waals surface area contributed by atoms with Crippen LogP contribution in [-0.2, 0) is 38.2 Å². The first-order valence-corrected chi connectivity index (χ1v) is 9.45. The summed E-state index contributed by atoms with van der Waals surface area (Å²) in [4.78, 5) is 65.2. The van der Waals surface area contributed by atoms with Crippen molar-refractivity contribution in [2.24, 2.45) is 0 Å². The molecule has 1 fully saturated rings. The number of nitrogens with zero attached hydrogens (tertiary/aromatic N) is 1. The van der Waals surface area contributed by atoms with E-state index in [0.29, 0.717) is 5.06 Å². The predicted octanol–water partition coefficient (Wildman–Crippen LogP) is 0.756. The predicted molar refractivity (Wildman–Crippen MR) is 99.0 cm³/mol. The standard InChI is InChI=1S/C20H21NO10/c1-10(22)27-9-13-8-16(28-11(2)23)17(29-12(3)24)20(30-13)31-21-18(25)14-6-4-5-7-15(14)19(21)26/h4-7,13,16-17,20H,8-9H2,1-3H3/t13?,16?,17-,20?/m1/s1. The Morgan fingerprint density at radius 3 is 2.06 bits per heavy atom. The van der Waals surface area contributed by atoms with Gasteiger partial charge in [0.2, 0.25) is 6.29 Å². The average Bonchev–Trinajstić information content (AvgIpc) is 2.93. The number of carbonyl (C=O) groups is 5. The molecule has 1 aromatic carbocycles. The Morgan fingerprint density at radius 1 is 0.968 bits per heavy atom. The van der Waals surface area contributed by atoms with E-state index in [1.807, 2.05) is 0 Å². The summed E-state index contributed by atoms with van der Waals surface area (Å²) in [5.41, 5.74) is 0.278. The molecule has 0 aliphatic carbocycles. The van der Waals surface area contributed by atoms with E-state index in [4.69, 9.17) is 23.8 Å². The van der Waals surface area contributed by atoms with Crippen molar-refractivity contribution < 1.29 is 47.8 Å². The topological polar surface area (TPSA) is 135 Å². The number of imide groups is 1. The van der Waals surface area contributed by atoms with Crippen LogP contribution in [0.25, 0.3) is 0 Å². The van der Waals surface area contributed by atoms with Crippen molar-refractivity contribution in [2.75, 3.05) is 6.61 Å². The maximum absolute atomic E-state index is 12.6. The average molecular weight is 435 g/mol. The minimum atomic E-state index is -1.50. The second kappa shape index (κ2) is 9.23. The van der Waals surface area contributed by atoms with Crippen LogP contribution in [0.4, 0.5) is 0 Å². The van der Waals surface area contributed by atoms with Crippen molar-refractivity contribution in [3.63, 3.8) is 0 Å². The number of esters is 3. The summed E-state index contributed by atoms with van der Waals surface area (Å²) in [6, 6.07) is 6.13. The van der Waals surface area contributed by atoms with Gasteiger partial charge in [-0.25, -0.2) is 4.84 Å². The minimum absolute atomic E-state index is 0.0206. The van der Waals surface area contributed by atoms with Crippen LogP contribution in [0.5, 0.6) is 0 Å². The summed E-state index contributed by atoms with van der Waals surface area (Å²) >= 11 is 0. The zero-order chi connectivity index (χ0) is 22.7. The molecule has 4 atom stereocenters. The molecule has 2 heterocycles. The fraction of sp³-hybridized carbons (Fsp3) is 0.450. The fourth-order valence-corrected chi connectivity index (χ4v) is 3.31. The zero-order valence-electron chi connectivity index (χ0n) is 17.1. The molecule has 0 spiro atoms. The number of benzene rings is 1. The Balaban J connectivity index is 1.86. The Hall–Kier alpha value is -3.31. The Bertz CT molecular complexity index is 878. The fourth-order valence-electron chi connectivity index (χ4n) is 3.31. The lowest BCUT2D eigenvalue weighted by Gasteiger charge is -2.40. The number of hydroxylamine groups is 2. The van der Waals surface area contributed by atoms with Crippen molar-refractivity contribution >= 4 is 29.7 Å². The van der Waals surface area contributed by atoms with E-state index in [0.717, 1.165) is 6.92 Å². The third-order valence-corrected chi connectivity index (χ3v) is 4.51. The number of ether oxygens (including phenoxy) is 4. The van der Waals surface area contributed by atoms with Gasteiger partial charge in [-0.2, -0.15) is 0 Å². The van der Waals surface area contributed by atoms with Crippen molar-refractivity contribution in [3.05, 3.63) is 35.4 Å². The van der Waals surface area contributed by atoms with Crippen LogP contribution in [0.3, 0.4) is 0 Å². The van der Waals surface area contributed by atoms with Crippen molar-refractivity contribution in [1.82, 2.24) is 5.06 Å². The summed E-state index contributed by atoms with van der Waals surface area (Å²) in [5, 5.41) is 0.505. The molecule has 2 amide bonds. The minimum Gasteiger partial charge on any atom is -0.463 e. The normalized spacial score (nSPS) is 25.1. The molecule has 3 rings (SSSR count). The van der Waals surface area contributed by atoms with Gasteiger partial charge in [0.25, 0.3) is 11.8 Å². The first kappa shape index (κ1) is 22.4. The van der Waals surface area contributed by atoms with Crippen LogP contribution in [0.2, 0.25) is 0 Å². The molecule has 0 aromatic heterocycles. The van der Waals surface area contributed by atoms with Gasteiger partial charge in [0.05, 0.1) is 17.2 Å². The third kappa shape index (κ3) is 5.06. The lowest BCUT2D eigenvalue weighted by Crippen LogP contribution is -2.56. The molecule has 1 saturated heterocycles. The summed E-state index contributed by atoms with van der Waals surface area (Å²) in [5.74, 6) is -3.39. The molecule has 0 saturated carbocycles. The number of hydrogen-bond acceptors (Lipinski definition) is 10. The highest BCUT2D eigenvalue weighted by molar-refractivity contribution is 6.20. The quantitative estimate of drug-likeness (QED) is 0.358. The summed E-state index contributed by atoms with van der Waals surface area (Å²) in [6.45, 7) is 3.30. The second-order valence-electron chi connectivity index (χ2n) is 6.94. The smallest absolute Gasteiger partial charge is 0.303 e. The molecule has 0 radical (unpaired) electrons. The van der Waals surface area contributed by atoms with Crippen molar-refractivity contribution in [1.29, 1.82) is 0 Å². The second-order valence-corrected chi connectivity index (χ2v) is 6.94. The molecule has 0 bridgehead atoms. The molecular weight excluding hydrogens is 414 g/mol. The molecule has 2 aliphatic heterocycles. The summed E-state index contributed by atoms with van der Waals surface area (Å²) in [6.07, 6.45) is -4.60. The van der Waals surface area contributed by atoms with Gasteiger partial charge < -0.3 is 18.9 Å². The molecule has 11 heteroatoms. The van der Waals surface area contributed by atoms with Gasteiger partial charge in [0, 0.05) is 27.2 Å². The molecule has 166 valence electrons. The first-order valence-electron chi connectivity index (χ1n) is 9.45. The highest BCUT2D eigenvalue weighted by Gasteiger charge is 2.48. The summed E-state index contributed by atoms with van der Waals surface area (Å²) in [7, 11) is 0. The van der Waals surface area contributed by atoms with Gasteiger partial charge in [-0.15, -0.1) is 5.06 Å². The van der Waals surface area contributed by atoms with E-state index in [-0.39, 0.29) is 24.2 Å². The SMILES string of the molecule is CC(=O)OCC1CC(OC(C)=O)[C@@H](OC(C)=O)C(ON2C(=O)c3ccccc3C2=O)O1. The Morgan fingerprint density at radius 2 is 1.55 bits per heavy atom. The van der Waals surface area contributed by atoms with Gasteiger partial charge >= 0.3 is 17.9 Å². The van der Waals surface area contributed by atoms with Crippen LogP contribution in [-0.4, -0.2) is 66.0 Å². The monoisotopic (exact) mass is 435 g/mol. The molecule has 11 nitrogen and oxygen atoms in total. The van der Waals surface area contributed by atoms with Crippen LogP contribution < -0.4 is 0 Å². The molecule has 3 unspecified atom stereocenters. The summed E-state index contributed by atoms with van der Waals surface area (Å²) < 4.78 is 21.1. The lowest BCUT2D eigenvalue weighted by molar-refractivity contribution is -0.320. The van der Waals surface area contributed by atoms with Crippen LogP contribution in [0.15, 0.2) is 24.3 Å². The lowest BCUT2D eigenvalue weighted by atomic mass is 10.0. The highest BCUT2D eigenvalue weighted by Crippen LogP contribution is 2.30. The maximum atomic E-state index is 12.6. The highest BCUT2D eigenvalue weighted by atomic mass is 16.8. The van der Waals surface area contributed by atoms with E-state index in [9.17, 15) is 24.0 Å². The number of fused-ring (bicyclic) bond motifs is 1. The Kier molecular flexibility index (Phi) is 6.66. The molecule has 0 N–H and O–H groups in total. The molecular formula is C20H21NO10. The molecule has 2 aliphatic rings. The van der Waals surface area contributed by atoms with Gasteiger partial charge in [0.1, 0.15) is 12.7 Å². The van der Waals surface area contributed by atoms with E-state index in [1.165, 1.54) is 26.0 Å². The van der Waals surface area contributed by atoms with E-state index >= 15 is 0 Å². The van der Waals surface area contributed by atoms with Crippen molar-refractivity contribution in [3.8, 4) is 0 Å². The van der Waals surface area contributed by atoms with Crippen LogP contribution in [0.1, 0.15) is 47.9 Å². The molecule has 1 aromatic rings. The molecule has 31 heavy (non-hydrogen) atoms. The third-order valence-electron chi connectivity index (χ3n) is 4.51.